The fourth-order valence-electron chi connectivity index (χ4n) is 1.55. The summed E-state index contributed by atoms with van der Waals surface area (Å²) in [7, 11) is 0. The van der Waals surface area contributed by atoms with Gasteiger partial charge in [-0.1, -0.05) is 0 Å². The van der Waals surface area contributed by atoms with Crippen LogP contribution in [-0.2, 0) is 0 Å². The first-order valence-electron chi connectivity index (χ1n) is 4.25. The molecule has 11 heavy (non-hydrogen) atoms. The van der Waals surface area contributed by atoms with Gasteiger partial charge in [-0.3, -0.25) is 4.90 Å². The monoisotopic (exact) mass is 158 g/mol. The van der Waals surface area contributed by atoms with E-state index in [1.54, 1.807) is 0 Å². The van der Waals surface area contributed by atoms with Crippen molar-refractivity contribution >= 4 is 0 Å². The molecule has 0 amide bonds. The van der Waals surface area contributed by atoms with Gasteiger partial charge in [-0.2, -0.15) is 0 Å². The Morgan fingerprint density at radius 2 is 2.18 bits per heavy atom. The zero-order chi connectivity index (χ0) is 8.43. The molecule has 0 aromatic heterocycles. The van der Waals surface area contributed by atoms with Crippen LogP contribution in [0.2, 0.25) is 0 Å². The van der Waals surface area contributed by atoms with E-state index in [1.165, 1.54) is 0 Å². The van der Waals surface area contributed by atoms with Crippen molar-refractivity contribution in [2.24, 2.45) is 11.7 Å². The number of aliphatic hydroxyl groups is 1. The van der Waals surface area contributed by atoms with Crippen molar-refractivity contribution in [2.45, 2.75) is 25.9 Å². The molecule has 1 fully saturated rings. The molecule has 1 aliphatic heterocycles. The van der Waals surface area contributed by atoms with E-state index < -0.39 is 0 Å². The maximum absolute atomic E-state index is 8.93. The Balaban J connectivity index is 2.43. The van der Waals surface area contributed by atoms with Crippen LogP contribution in [0.4, 0.5) is 0 Å². The van der Waals surface area contributed by atoms with Gasteiger partial charge in [0.05, 0.1) is 0 Å². The number of likely N-dealkylation sites (tertiary alicyclic amines) is 1. The standard InChI is InChI=1S/C8H18N2O/c1-6(2)10-3-7(5-11)8(9)4-10/h6-8,11H,3-5,9H2,1-2H3/t7-,8+/m0/s1. The highest BCUT2D eigenvalue weighted by molar-refractivity contribution is 4.87. The summed E-state index contributed by atoms with van der Waals surface area (Å²) >= 11 is 0. The molecule has 0 saturated carbocycles. The van der Waals surface area contributed by atoms with E-state index in [4.69, 9.17) is 10.8 Å². The molecule has 66 valence electrons. The van der Waals surface area contributed by atoms with Crippen molar-refractivity contribution in [3.05, 3.63) is 0 Å². The quantitative estimate of drug-likeness (QED) is 0.577. The van der Waals surface area contributed by atoms with Crippen LogP contribution in [0.5, 0.6) is 0 Å². The maximum Gasteiger partial charge on any atom is 0.0486 e. The zero-order valence-corrected chi connectivity index (χ0v) is 7.33. The van der Waals surface area contributed by atoms with Crippen LogP contribution in [0.3, 0.4) is 0 Å². The molecular formula is C8H18N2O. The molecule has 0 aromatic carbocycles. The predicted molar refractivity (Wildman–Crippen MR) is 45.3 cm³/mol. The Morgan fingerprint density at radius 3 is 2.45 bits per heavy atom. The number of rotatable bonds is 2. The minimum Gasteiger partial charge on any atom is -0.396 e. The number of nitrogens with zero attached hydrogens (tertiary/aromatic N) is 1. The summed E-state index contributed by atoms with van der Waals surface area (Å²) in [5.41, 5.74) is 5.82. The van der Waals surface area contributed by atoms with Crippen LogP contribution in [0.25, 0.3) is 0 Å². The molecule has 0 aromatic rings. The lowest BCUT2D eigenvalue weighted by Gasteiger charge is -2.19. The summed E-state index contributed by atoms with van der Waals surface area (Å²) in [4.78, 5) is 2.31. The van der Waals surface area contributed by atoms with E-state index in [-0.39, 0.29) is 18.6 Å². The van der Waals surface area contributed by atoms with E-state index in [0.717, 1.165) is 13.1 Å². The molecule has 0 unspecified atom stereocenters. The van der Waals surface area contributed by atoms with Crippen molar-refractivity contribution in [3.63, 3.8) is 0 Å². The van der Waals surface area contributed by atoms with Gasteiger partial charge < -0.3 is 10.8 Å². The third-order valence-corrected chi connectivity index (χ3v) is 2.48. The highest BCUT2D eigenvalue weighted by Gasteiger charge is 2.30. The lowest BCUT2D eigenvalue weighted by molar-refractivity contribution is 0.206. The van der Waals surface area contributed by atoms with Gasteiger partial charge in [0, 0.05) is 37.7 Å². The second-order valence-corrected chi connectivity index (χ2v) is 3.65. The second kappa shape index (κ2) is 3.52. The molecule has 3 nitrogen and oxygen atoms in total. The average Bonchev–Trinajstić information content (AvgIpc) is 2.31. The van der Waals surface area contributed by atoms with E-state index in [2.05, 4.69) is 18.7 Å². The van der Waals surface area contributed by atoms with Crippen LogP contribution < -0.4 is 5.73 Å². The Morgan fingerprint density at radius 1 is 1.55 bits per heavy atom. The van der Waals surface area contributed by atoms with Crippen LogP contribution >= 0.6 is 0 Å². The van der Waals surface area contributed by atoms with Crippen molar-refractivity contribution in [3.8, 4) is 0 Å². The van der Waals surface area contributed by atoms with E-state index >= 15 is 0 Å². The summed E-state index contributed by atoms with van der Waals surface area (Å²) in [5, 5.41) is 8.93. The third kappa shape index (κ3) is 1.92. The van der Waals surface area contributed by atoms with Crippen molar-refractivity contribution in [1.82, 2.24) is 4.90 Å². The highest BCUT2D eigenvalue weighted by atomic mass is 16.3. The Bertz CT molecular complexity index is 127. The van der Waals surface area contributed by atoms with Crippen molar-refractivity contribution in [2.75, 3.05) is 19.7 Å². The Kier molecular flexibility index (Phi) is 2.87. The van der Waals surface area contributed by atoms with Gasteiger partial charge in [0.2, 0.25) is 0 Å². The summed E-state index contributed by atoms with van der Waals surface area (Å²) in [6.07, 6.45) is 0. The summed E-state index contributed by atoms with van der Waals surface area (Å²) in [6, 6.07) is 0.722. The normalized spacial score (nSPS) is 33.5. The number of nitrogens with two attached hydrogens (primary N) is 1. The molecule has 1 aliphatic rings. The second-order valence-electron chi connectivity index (χ2n) is 3.65. The first-order chi connectivity index (χ1) is 5.15. The molecule has 1 rings (SSSR count). The SMILES string of the molecule is CC(C)N1C[C@@H](CO)[C@H](N)C1. The molecule has 3 heteroatoms. The van der Waals surface area contributed by atoms with Crippen molar-refractivity contribution < 1.29 is 5.11 Å². The van der Waals surface area contributed by atoms with Crippen LogP contribution in [0.15, 0.2) is 0 Å². The molecule has 0 aliphatic carbocycles. The van der Waals surface area contributed by atoms with Gasteiger partial charge in [0.1, 0.15) is 0 Å². The summed E-state index contributed by atoms with van der Waals surface area (Å²) in [6.45, 7) is 6.43. The molecule has 1 saturated heterocycles. The third-order valence-electron chi connectivity index (χ3n) is 2.48. The van der Waals surface area contributed by atoms with Gasteiger partial charge in [0.15, 0.2) is 0 Å². The lowest BCUT2D eigenvalue weighted by atomic mass is 10.1. The lowest BCUT2D eigenvalue weighted by Crippen LogP contribution is -2.32. The van der Waals surface area contributed by atoms with E-state index in [0.29, 0.717) is 6.04 Å². The molecular weight excluding hydrogens is 140 g/mol. The van der Waals surface area contributed by atoms with Gasteiger partial charge in [-0.05, 0) is 13.8 Å². The molecule has 2 atom stereocenters. The van der Waals surface area contributed by atoms with Crippen LogP contribution in [-0.4, -0.2) is 41.8 Å². The van der Waals surface area contributed by atoms with Gasteiger partial charge in [-0.15, -0.1) is 0 Å². The van der Waals surface area contributed by atoms with Gasteiger partial charge in [-0.25, -0.2) is 0 Å². The highest BCUT2D eigenvalue weighted by Crippen LogP contribution is 2.16. The topological polar surface area (TPSA) is 49.5 Å². The van der Waals surface area contributed by atoms with Gasteiger partial charge >= 0.3 is 0 Å². The molecule has 0 bridgehead atoms. The molecule has 1 heterocycles. The molecule has 0 radical (unpaired) electrons. The first-order valence-corrected chi connectivity index (χ1v) is 4.25. The minimum absolute atomic E-state index is 0.169. The number of hydrogen-bond donors (Lipinski definition) is 2. The van der Waals surface area contributed by atoms with Crippen LogP contribution in [0.1, 0.15) is 13.8 Å². The summed E-state index contributed by atoms with van der Waals surface area (Å²) in [5.74, 6) is 0.289. The largest absolute Gasteiger partial charge is 0.396 e. The average molecular weight is 158 g/mol. The fourth-order valence-corrected chi connectivity index (χ4v) is 1.55. The first kappa shape index (κ1) is 8.97. The smallest absolute Gasteiger partial charge is 0.0486 e. The Labute approximate surface area is 68.2 Å². The molecule has 3 N–H and O–H groups in total. The van der Waals surface area contributed by atoms with Crippen LogP contribution in [0, 0.1) is 5.92 Å². The zero-order valence-electron chi connectivity index (χ0n) is 7.33. The fraction of sp³-hybridized carbons (Fsp3) is 1.00. The maximum atomic E-state index is 8.93. The number of hydrogen-bond acceptors (Lipinski definition) is 3. The number of aliphatic hydroxyl groups excluding tert-OH is 1. The van der Waals surface area contributed by atoms with E-state index in [9.17, 15) is 0 Å². The van der Waals surface area contributed by atoms with Gasteiger partial charge in [0.25, 0.3) is 0 Å². The minimum atomic E-state index is 0.169. The van der Waals surface area contributed by atoms with E-state index in [1.807, 2.05) is 0 Å². The Hall–Kier alpha value is -0.120. The predicted octanol–water partition coefficient (Wildman–Crippen LogP) is -0.354. The molecule has 0 spiro atoms. The summed E-state index contributed by atoms with van der Waals surface area (Å²) < 4.78 is 0. The van der Waals surface area contributed by atoms with Crippen molar-refractivity contribution in [1.29, 1.82) is 0 Å².